The smallest absolute Gasteiger partial charge is 0.134 e. The van der Waals surface area contributed by atoms with Gasteiger partial charge in [0.15, 0.2) is 0 Å². The van der Waals surface area contributed by atoms with Gasteiger partial charge in [-0.15, -0.1) is 11.8 Å². The zero-order valence-electron chi connectivity index (χ0n) is 11.6. The van der Waals surface area contributed by atoms with Crippen LogP contribution in [0.3, 0.4) is 0 Å². The number of thioether (sulfide) groups is 1. The number of hydrogen-bond acceptors (Lipinski definition) is 6. The molecule has 2 fully saturated rings. The minimum Gasteiger partial charge on any atom is -0.302 e. The number of hydrogen-bond donors (Lipinski definition) is 0. The maximum atomic E-state index is 8.54. The third-order valence-electron chi connectivity index (χ3n) is 4.32. The van der Waals surface area contributed by atoms with Crippen molar-refractivity contribution in [2.24, 2.45) is 5.92 Å². The Kier molecular flexibility index (Phi) is 4.92. The van der Waals surface area contributed by atoms with E-state index < -0.39 is 0 Å². The van der Waals surface area contributed by atoms with Crippen LogP contribution in [0.25, 0.3) is 0 Å². The van der Waals surface area contributed by atoms with Gasteiger partial charge in [0.1, 0.15) is 5.03 Å². The molecule has 0 amide bonds. The van der Waals surface area contributed by atoms with E-state index in [1.807, 2.05) is 11.8 Å². The number of nitrogens with zero attached hydrogens (tertiary/aromatic N) is 4. The Morgan fingerprint density at radius 2 is 2.30 bits per heavy atom. The van der Waals surface area contributed by atoms with Crippen molar-refractivity contribution in [3.63, 3.8) is 0 Å². The van der Waals surface area contributed by atoms with Gasteiger partial charge in [-0.2, -0.15) is 14.0 Å². The van der Waals surface area contributed by atoms with Crippen LogP contribution < -0.4 is 0 Å². The number of piperidine rings is 1. The molecule has 3 atom stereocenters. The first kappa shape index (κ1) is 14.3. The van der Waals surface area contributed by atoms with Gasteiger partial charge in [0, 0.05) is 25.4 Å². The second-order valence-corrected chi connectivity index (χ2v) is 7.30. The van der Waals surface area contributed by atoms with Crippen LogP contribution in [0, 0.1) is 17.2 Å². The Labute approximate surface area is 128 Å². The maximum Gasteiger partial charge on any atom is 0.134 e. The molecule has 2 bridgehead atoms. The minimum absolute atomic E-state index is 0.609. The summed E-state index contributed by atoms with van der Waals surface area (Å²) >= 11 is 3.20. The normalized spacial score (nSPS) is 28.4. The SMILES string of the molecule is N#CCCCCSc1nsnc1C1CN2CCCC1C2. The van der Waals surface area contributed by atoms with E-state index >= 15 is 0 Å². The molecule has 0 aliphatic carbocycles. The number of fused-ring (bicyclic) bond motifs is 2. The molecular formula is C14H20N4S2. The van der Waals surface area contributed by atoms with Crippen molar-refractivity contribution in [2.45, 2.75) is 43.0 Å². The Bertz CT molecular complexity index is 482. The molecule has 0 N–H and O–H groups in total. The van der Waals surface area contributed by atoms with Gasteiger partial charge in [0.05, 0.1) is 23.5 Å². The summed E-state index contributed by atoms with van der Waals surface area (Å²) in [5.74, 6) is 2.46. The van der Waals surface area contributed by atoms with Crippen molar-refractivity contribution in [2.75, 3.05) is 25.4 Å². The van der Waals surface area contributed by atoms with Crippen molar-refractivity contribution in [1.29, 1.82) is 5.26 Å². The van der Waals surface area contributed by atoms with Crippen LogP contribution in [0.4, 0.5) is 0 Å². The fourth-order valence-corrected chi connectivity index (χ4v) is 5.09. The third kappa shape index (κ3) is 3.16. The molecule has 108 valence electrons. The molecule has 0 radical (unpaired) electrons. The molecule has 2 aliphatic rings. The monoisotopic (exact) mass is 308 g/mol. The quantitative estimate of drug-likeness (QED) is 0.597. The highest BCUT2D eigenvalue weighted by Gasteiger charge is 2.38. The van der Waals surface area contributed by atoms with E-state index in [1.54, 1.807) is 0 Å². The molecule has 20 heavy (non-hydrogen) atoms. The van der Waals surface area contributed by atoms with Crippen LogP contribution in [0.2, 0.25) is 0 Å². The Morgan fingerprint density at radius 3 is 3.15 bits per heavy atom. The standard InChI is InChI=1S/C14H20N4S2/c15-6-2-1-3-8-19-14-13(16-20-17-14)12-10-18-7-4-5-11(12)9-18/h11-12H,1-5,7-10H2. The van der Waals surface area contributed by atoms with Crippen molar-refractivity contribution in [3.05, 3.63) is 5.69 Å². The van der Waals surface area contributed by atoms with E-state index in [9.17, 15) is 0 Å². The summed E-state index contributed by atoms with van der Waals surface area (Å²) in [6, 6.07) is 2.20. The molecule has 3 unspecified atom stereocenters. The average molecular weight is 308 g/mol. The van der Waals surface area contributed by atoms with Gasteiger partial charge < -0.3 is 4.90 Å². The van der Waals surface area contributed by atoms with Crippen molar-refractivity contribution in [1.82, 2.24) is 13.6 Å². The molecule has 6 heteroatoms. The average Bonchev–Trinajstić information content (AvgIpc) is 3.03. The van der Waals surface area contributed by atoms with Crippen LogP contribution in [0.1, 0.15) is 43.7 Å². The summed E-state index contributed by atoms with van der Waals surface area (Å²) in [5, 5.41) is 9.70. The van der Waals surface area contributed by atoms with E-state index in [-0.39, 0.29) is 0 Å². The predicted molar refractivity (Wildman–Crippen MR) is 82.0 cm³/mol. The minimum atomic E-state index is 0.609. The van der Waals surface area contributed by atoms with Crippen molar-refractivity contribution >= 4 is 23.5 Å². The van der Waals surface area contributed by atoms with Gasteiger partial charge in [-0.1, -0.05) is 0 Å². The van der Waals surface area contributed by atoms with Crippen LogP contribution in [0.5, 0.6) is 0 Å². The highest BCUT2D eigenvalue weighted by molar-refractivity contribution is 7.99. The fraction of sp³-hybridized carbons (Fsp3) is 0.786. The Balaban J connectivity index is 1.58. The van der Waals surface area contributed by atoms with E-state index in [0.717, 1.165) is 29.5 Å². The van der Waals surface area contributed by atoms with Gasteiger partial charge in [0.2, 0.25) is 0 Å². The predicted octanol–water partition coefficient (Wildman–Crippen LogP) is 3.13. The summed E-state index contributed by atoms with van der Waals surface area (Å²) in [5.41, 5.74) is 1.26. The van der Waals surface area contributed by atoms with Gasteiger partial charge in [0.25, 0.3) is 0 Å². The van der Waals surface area contributed by atoms with Crippen LogP contribution in [-0.2, 0) is 0 Å². The first-order chi connectivity index (χ1) is 9.88. The first-order valence-electron chi connectivity index (χ1n) is 7.43. The summed E-state index contributed by atoms with van der Waals surface area (Å²) in [7, 11) is 0. The highest BCUT2D eigenvalue weighted by atomic mass is 32.2. The molecule has 0 spiro atoms. The lowest BCUT2D eigenvalue weighted by Gasteiger charge is -2.21. The first-order valence-corrected chi connectivity index (χ1v) is 9.14. The zero-order chi connectivity index (χ0) is 13.8. The lowest BCUT2D eigenvalue weighted by atomic mass is 9.89. The van der Waals surface area contributed by atoms with E-state index in [2.05, 4.69) is 19.7 Å². The van der Waals surface area contributed by atoms with Gasteiger partial charge >= 0.3 is 0 Å². The lowest BCUT2D eigenvalue weighted by Crippen LogP contribution is -2.25. The number of nitriles is 1. The zero-order valence-corrected chi connectivity index (χ0v) is 13.3. The van der Waals surface area contributed by atoms with Gasteiger partial charge in [-0.05, 0) is 43.9 Å². The summed E-state index contributed by atoms with van der Waals surface area (Å²) in [6.45, 7) is 3.70. The molecule has 4 nitrogen and oxygen atoms in total. The van der Waals surface area contributed by atoms with Crippen molar-refractivity contribution in [3.8, 4) is 6.07 Å². The Morgan fingerprint density at radius 1 is 1.35 bits per heavy atom. The van der Waals surface area contributed by atoms with Crippen molar-refractivity contribution < 1.29 is 0 Å². The van der Waals surface area contributed by atoms with Crippen LogP contribution in [0.15, 0.2) is 5.03 Å². The summed E-state index contributed by atoms with van der Waals surface area (Å²) in [4.78, 5) is 2.58. The molecule has 3 rings (SSSR count). The second kappa shape index (κ2) is 6.88. The molecule has 2 saturated heterocycles. The van der Waals surface area contributed by atoms with E-state index in [4.69, 9.17) is 5.26 Å². The molecule has 0 saturated carbocycles. The highest BCUT2D eigenvalue weighted by Crippen LogP contribution is 2.41. The Hall–Kier alpha value is -0.640. The van der Waals surface area contributed by atoms with E-state index in [1.165, 1.54) is 49.9 Å². The number of unbranched alkanes of at least 4 members (excludes halogenated alkanes) is 2. The van der Waals surface area contributed by atoms with Gasteiger partial charge in [-0.25, -0.2) is 0 Å². The number of aromatic nitrogens is 2. The molecule has 0 aromatic carbocycles. The molecule has 1 aromatic heterocycles. The topological polar surface area (TPSA) is 52.8 Å². The van der Waals surface area contributed by atoms with Gasteiger partial charge in [-0.3, -0.25) is 0 Å². The lowest BCUT2D eigenvalue weighted by molar-refractivity contribution is 0.269. The molecule has 3 heterocycles. The van der Waals surface area contributed by atoms with E-state index in [0.29, 0.717) is 12.3 Å². The molecule has 2 aliphatic heterocycles. The van der Waals surface area contributed by atoms with Crippen LogP contribution in [-0.4, -0.2) is 39.0 Å². The molecule has 1 aromatic rings. The fourth-order valence-electron chi connectivity index (χ4n) is 3.31. The number of rotatable bonds is 6. The maximum absolute atomic E-state index is 8.54. The molecular weight excluding hydrogens is 288 g/mol. The summed E-state index contributed by atoms with van der Waals surface area (Å²) in [6.07, 6.45) is 5.45. The summed E-state index contributed by atoms with van der Waals surface area (Å²) < 4.78 is 9.11. The van der Waals surface area contributed by atoms with Crippen LogP contribution >= 0.6 is 23.5 Å². The second-order valence-electron chi connectivity index (χ2n) is 5.69. The largest absolute Gasteiger partial charge is 0.302 e. The third-order valence-corrected chi connectivity index (χ3v) is 6.05.